The fourth-order valence-electron chi connectivity index (χ4n) is 2.34. The quantitative estimate of drug-likeness (QED) is 0.612. The molecule has 3 rings (SSSR count). The van der Waals surface area contributed by atoms with Crippen LogP contribution in [0.2, 0.25) is 0 Å². The molecule has 1 aromatic carbocycles. The summed E-state index contributed by atoms with van der Waals surface area (Å²) in [5, 5.41) is 21.2. The first-order valence-corrected chi connectivity index (χ1v) is 11.1. The Balaban J connectivity index is 1.71. The molecule has 9 nitrogen and oxygen atoms in total. The number of thioether (sulfide) groups is 1. The molecule has 0 fully saturated rings. The first-order valence-electron chi connectivity index (χ1n) is 7.79. The summed E-state index contributed by atoms with van der Waals surface area (Å²) in [5.41, 5.74) is 4.73. The monoisotopic (exact) mass is 427 g/mol. The van der Waals surface area contributed by atoms with Gasteiger partial charge in [-0.25, -0.2) is 18.5 Å². The maximum Gasteiger partial charge on any atom is 0.303 e. The minimum absolute atomic E-state index is 0.0503. The topological polar surface area (TPSA) is 138 Å². The fourth-order valence-corrected chi connectivity index (χ4v) is 4.63. The van der Waals surface area contributed by atoms with E-state index in [0.29, 0.717) is 17.4 Å². The zero-order valence-corrected chi connectivity index (χ0v) is 16.7. The number of aliphatic carboxylic acids is 1. The van der Waals surface area contributed by atoms with Gasteiger partial charge in [0.25, 0.3) is 0 Å². The molecular weight excluding hydrogens is 410 g/mol. The molecule has 2 aromatic rings. The van der Waals surface area contributed by atoms with Crippen LogP contribution in [-0.4, -0.2) is 40.5 Å². The fraction of sp³-hybridized carbons (Fsp3) is 0.267. The van der Waals surface area contributed by atoms with Crippen molar-refractivity contribution in [2.24, 2.45) is 10.2 Å². The molecule has 0 bridgehead atoms. The van der Waals surface area contributed by atoms with Crippen LogP contribution in [-0.2, 0) is 14.8 Å². The molecule has 12 heteroatoms. The maximum atomic E-state index is 11.4. The van der Waals surface area contributed by atoms with Crippen LogP contribution >= 0.6 is 23.1 Å². The first kappa shape index (κ1) is 19.6. The van der Waals surface area contributed by atoms with E-state index in [9.17, 15) is 13.2 Å². The molecule has 0 unspecified atom stereocenters. The number of hydrazone groups is 1. The van der Waals surface area contributed by atoms with E-state index in [1.54, 1.807) is 17.3 Å². The number of aryl methyl sites for hydroxylation is 1. The van der Waals surface area contributed by atoms with Crippen LogP contribution in [0, 0.1) is 6.92 Å². The molecule has 1 aliphatic heterocycles. The van der Waals surface area contributed by atoms with E-state index in [0.717, 1.165) is 21.2 Å². The number of rotatable bonds is 7. The Hall–Kier alpha value is -2.15. The van der Waals surface area contributed by atoms with Gasteiger partial charge in [-0.2, -0.15) is 10.2 Å². The van der Waals surface area contributed by atoms with Crippen molar-refractivity contribution < 1.29 is 18.3 Å². The van der Waals surface area contributed by atoms with E-state index in [4.69, 9.17) is 10.2 Å². The van der Waals surface area contributed by atoms with E-state index >= 15 is 0 Å². The highest BCUT2D eigenvalue weighted by atomic mass is 32.2. The van der Waals surface area contributed by atoms with Crippen LogP contribution in [0.5, 0.6) is 0 Å². The number of primary sulfonamides is 1. The first-order chi connectivity index (χ1) is 12.7. The highest BCUT2D eigenvalue weighted by molar-refractivity contribution is 8.14. The Bertz CT molecular complexity index is 985. The van der Waals surface area contributed by atoms with Gasteiger partial charge in [-0.15, -0.1) is 0 Å². The van der Waals surface area contributed by atoms with Crippen molar-refractivity contribution in [3.05, 3.63) is 30.0 Å². The highest BCUT2D eigenvalue weighted by Crippen LogP contribution is 2.34. The van der Waals surface area contributed by atoms with Crippen molar-refractivity contribution in [1.82, 2.24) is 10.1 Å². The normalized spacial score (nSPS) is 14.3. The Morgan fingerprint density at radius 1 is 1.37 bits per heavy atom. The third-order valence-corrected chi connectivity index (χ3v) is 6.64. The number of hydrogen-bond acceptors (Lipinski definition) is 9. The molecule has 0 spiro atoms. The number of nitrogens with two attached hydrogens (primary N) is 1. The molecule has 4 N–H and O–H groups in total. The van der Waals surface area contributed by atoms with Crippen molar-refractivity contribution in [3.63, 3.8) is 0 Å². The number of carboxylic acid groups (broad SMARTS) is 1. The Kier molecular flexibility index (Phi) is 5.69. The minimum Gasteiger partial charge on any atom is -0.481 e. The van der Waals surface area contributed by atoms with Crippen LogP contribution in [0.3, 0.4) is 0 Å². The summed E-state index contributed by atoms with van der Waals surface area (Å²) in [6.45, 7) is 1.87. The van der Waals surface area contributed by atoms with Gasteiger partial charge >= 0.3 is 5.97 Å². The lowest BCUT2D eigenvalue weighted by molar-refractivity contribution is -0.136. The molecule has 0 amide bonds. The Labute approximate surface area is 164 Å². The van der Waals surface area contributed by atoms with Crippen molar-refractivity contribution in [3.8, 4) is 10.4 Å². The van der Waals surface area contributed by atoms with E-state index in [2.05, 4.69) is 15.5 Å². The molecule has 0 saturated carbocycles. The number of thiazole rings is 1. The third-order valence-electron chi connectivity index (χ3n) is 3.60. The lowest BCUT2D eigenvalue weighted by atomic mass is 10.2. The smallest absolute Gasteiger partial charge is 0.303 e. The van der Waals surface area contributed by atoms with Gasteiger partial charge in [0.15, 0.2) is 0 Å². The highest BCUT2D eigenvalue weighted by Gasteiger charge is 2.18. The predicted octanol–water partition coefficient (Wildman–Crippen LogP) is 2.28. The van der Waals surface area contributed by atoms with Gasteiger partial charge in [0, 0.05) is 6.42 Å². The molecule has 1 aliphatic rings. The van der Waals surface area contributed by atoms with Crippen LogP contribution in [0.15, 0.2) is 34.3 Å². The molecule has 1 aromatic heterocycles. The number of aromatic nitrogens is 1. The number of sulfonamides is 1. The number of anilines is 1. The van der Waals surface area contributed by atoms with Gasteiger partial charge in [0.05, 0.1) is 26.9 Å². The van der Waals surface area contributed by atoms with Gasteiger partial charge in [0.2, 0.25) is 15.2 Å². The molecule has 0 aliphatic carbocycles. The molecule has 144 valence electrons. The van der Waals surface area contributed by atoms with E-state index in [1.807, 2.05) is 6.92 Å². The summed E-state index contributed by atoms with van der Waals surface area (Å²) in [5.74, 6) is -0.287. The summed E-state index contributed by atoms with van der Waals surface area (Å²) < 4.78 is 22.7. The molecule has 0 radical (unpaired) electrons. The number of carboxylic acids is 1. The van der Waals surface area contributed by atoms with E-state index in [1.165, 1.54) is 35.2 Å². The number of hydrogen-bond donors (Lipinski definition) is 3. The summed E-state index contributed by atoms with van der Waals surface area (Å²) in [6, 6.07) is 6.32. The Morgan fingerprint density at radius 2 is 2.07 bits per heavy atom. The van der Waals surface area contributed by atoms with E-state index < -0.39 is 16.0 Å². The number of hydrazine groups is 1. The molecule has 2 heterocycles. The zero-order valence-electron chi connectivity index (χ0n) is 14.2. The van der Waals surface area contributed by atoms with E-state index in [-0.39, 0.29) is 11.3 Å². The molecule has 27 heavy (non-hydrogen) atoms. The number of carbonyl (C=O) groups is 1. The molecular formula is C15H17N5O4S3. The number of benzene rings is 1. The van der Waals surface area contributed by atoms with Crippen molar-refractivity contribution in [1.29, 1.82) is 0 Å². The second-order valence-electron chi connectivity index (χ2n) is 5.68. The summed E-state index contributed by atoms with van der Waals surface area (Å²) in [6.07, 6.45) is 0.450. The van der Waals surface area contributed by atoms with Crippen molar-refractivity contribution in [2.75, 3.05) is 11.3 Å². The van der Waals surface area contributed by atoms with Crippen LogP contribution in [0.1, 0.15) is 18.5 Å². The average Bonchev–Trinajstić information content (AvgIpc) is 3.19. The molecule has 0 atom stereocenters. The van der Waals surface area contributed by atoms with Crippen LogP contribution in [0.4, 0.5) is 5.13 Å². The average molecular weight is 428 g/mol. The van der Waals surface area contributed by atoms with Gasteiger partial charge in [-0.05, 0) is 24.6 Å². The third kappa shape index (κ3) is 4.97. The van der Waals surface area contributed by atoms with Gasteiger partial charge in [-0.1, -0.05) is 35.2 Å². The van der Waals surface area contributed by atoms with Crippen LogP contribution in [0.25, 0.3) is 10.4 Å². The second kappa shape index (κ2) is 7.84. The molecule has 0 saturated heterocycles. The van der Waals surface area contributed by atoms with Crippen molar-refractivity contribution in [2.45, 2.75) is 24.7 Å². The SMILES string of the molecule is Cc1nc(NN2CSC(CCC(=O)O)=N2)sc1-c1ccc(S(N)(=O)=O)cc1. The van der Waals surface area contributed by atoms with Gasteiger partial charge < -0.3 is 5.11 Å². The van der Waals surface area contributed by atoms with Crippen molar-refractivity contribution >= 4 is 49.3 Å². The summed E-state index contributed by atoms with van der Waals surface area (Å²) >= 11 is 2.90. The summed E-state index contributed by atoms with van der Waals surface area (Å²) in [4.78, 5) is 16.1. The standard InChI is InChI=1S/C15H17N5O4S3/c1-9-14(10-2-4-11(5-3-10)27(16,23)24)26-15(17-9)19-20-8-25-12(18-20)6-7-13(21)22/h2-5H,6-8H2,1H3,(H,17,19)(H,21,22)(H2,16,23,24). The van der Waals surface area contributed by atoms with Gasteiger partial charge in [-0.3, -0.25) is 10.2 Å². The predicted molar refractivity (Wildman–Crippen MR) is 106 cm³/mol. The van der Waals surface area contributed by atoms with Gasteiger partial charge in [0.1, 0.15) is 5.88 Å². The lowest BCUT2D eigenvalue weighted by Crippen LogP contribution is -2.20. The zero-order chi connectivity index (χ0) is 19.6. The number of nitrogens with one attached hydrogen (secondary N) is 1. The maximum absolute atomic E-state index is 11.4. The van der Waals surface area contributed by atoms with Crippen LogP contribution < -0.4 is 10.6 Å². The summed E-state index contributed by atoms with van der Waals surface area (Å²) in [7, 11) is -3.72. The number of nitrogens with zero attached hydrogens (tertiary/aromatic N) is 3. The Morgan fingerprint density at radius 3 is 2.70 bits per heavy atom. The second-order valence-corrected chi connectivity index (χ2v) is 9.25. The minimum atomic E-state index is -3.72. The largest absolute Gasteiger partial charge is 0.481 e. The lowest BCUT2D eigenvalue weighted by Gasteiger charge is -2.12.